The van der Waals surface area contributed by atoms with Gasteiger partial charge < -0.3 is 4.74 Å². The number of fused-ring (bicyclic) bond motifs is 2. The van der Waals surface area contributed by atoms with Gasteiger partial charge in [-0.15, -0.1) is 0 Å². The van der Waals surface area contributed by atoms with Gasteiger partial charge in [-0.05, 0) is 25.3 Å². The Labute approximate surface area is 82.1 Å². The fourth-order valence-electron chi connectivity index (χ4n) is 2.23. The molecule has 0 saturated heterocycles. The van der Waals surface area contributed by atoms with Crippen LogP contribution in [-0.2, 0) is 10.3 Å². The summed E-state index contributed by atoms with van der Waals surface area (Å²) in [6.45, 7) is 0. The van der Waals surface area contributed by atoms with Crippen LogP contribution in [0.2, 0.25) is 0 Å². The predicted octanol–water partition coefficient (Wildman–Crippen LogP) is 2.63. The van der Waals surface area contributed by atoms with E-state index < -0.39 is 0 Å². The fourth-order valence-corrected chi connectivity index (χ4v) is 2.23. The molecule has 1 aliphatic heterocycles. The van der Waals surface area contributed by atoms with E-state index in [1.807, 2.05) is 24.3 Å². The van der Waals surface area contributed by atoms with Gasteiger partial charge in [0.25, 0.3) is 0 Å². The van der Waals surface area contributed by atoms with Crippen molar-refractivity contribution in [3.63, 3.8) is 0 Å². The molecule has 1 fully saturated rings. The Hall–Kier alpha value is -1.51. The zero-order valence-corrected chi connectivity index (χ0v) is 7.75. The summed E-state index contributed by atoms with van der Waals surface area (Å²) >= 11 is 0. The van der Waals surface area contributed by atoms with E-state index in [1.54, 1.807) is 0 Å². The third-order valence-electron chi connectivity index (χ3n) is 3.10. The van der Waals surface area contributed by atoms with Crippen molar-refractivity contribution in [2.45, 2.75) is 24.9 Å². The summed E-state index contributed by atoms with van der Waals surface area (Å²) < 4.78 is 5.39. The summed E-state index contributed by atoms with van der Waals surface area (Å²) in [5.41, 5.74) is 1.73. The molecular formula is C11H11NO2. The van der Waals surface area contributed by atoms with Gasteiger partial charge in [-0.25, -0.2) is 4.79 Å². The maximum Gasteiger partial charge on any atom is 0.412 e. The van der Waals surface area contributed by atoms with Crippen LogP contribution in [0.4, 0.5) is 10.5 Å². The van der Waals surface area contributed by atoms with Gasteiger partial charge in [0.05, 0.1) is 5.69 Å². The number of hydrogen-bond donors (Lipinski definition) is 1. The highest BCUT2D eigenvalue weighted by Crippen LogP contribution is 2.49. The maximum absolute atomic E-state index is 11.3. The van der Waals surface area contributed by atoms with E-state index in [4.69, 9.17) is 4.74 Å². The standard InChI is InChI=1S/C11H11NO2/c13-10-12-9-5-2-1-4-8(9)11(14-10)6-3-7-11/h1-2,4-5H,3,6-7H2,(H,12,13). The largest absolute Gasteiger partial charge is 0.438 e. The van der Waals surface area contributed by atoms with E-state index in [0.29, 0.717) is 0 Å². The molecule has 0 bridgehead atoms. The molecule has 3 nitrogen and oxygen atoms in total. The molecule has 0 aromatic heterocycles. The van der Waals surface area contributed by atoms with Crippen LogP contribution in [0, 0.1) is 0 Å². The van der Waals surface area contributed by atoms with Gasteiger partial charge in [-0.3, -0.25) is 5.32 Å². The molecule has 1 aliphatic carbocycles. The van der Waals surface area contributed by atoms with Crippen LogP contribution in [0.15, 0.2) is 24.3 Å². The molecule has 3 heteroatoms. The number of carbonyl (C=O) groups excluding carboxylic acids is 1. The molecule has 1 amide bonds. The third-order valence-corrected chi connectivity index (χ3v) is 3.10. The Bertz CT molecular complexity index is 396. The Morgan fingerprint density at radius 2 is 2.07 bits per heavy atom. The Balaban J connectivity index is 2.14. The van der Waals surface area contributed by atoms with Gasteiger partial charge in [-0.1, -0.05) is 18.2 Å². The first-order chi connectivity index (χ1) is 6.80. The number of hydrogen-bond acceptors (Lipinski definition) is 2. The second kappa shape index (κ2) is 2.50. The summed E-state index contributed by atoms with van der Waals surface area (Å²) in [4.78, 5) is 11.3. The van der Waals surface area contributed by atoms with Crippen molar-refractivity contribution in [1.82, 2.24) is 0 Å². The highest BCUT2D eigenvalue weighted by Gasteiger charge is 2.46. The van der Waals surface area contributed by atoms with Gasteiger partial charge in [-0.2, -0.15) is 0 Å². The molecule has 1 N–H and O–H groups in total. The van der Waals surface area contributed by atoms with Gasteiger partial charge in [0.1, 0.15) is 5.60 Å². The van der Waals surface area contributed by atoms with Gasteiger partial charge >= 0.3 is 6.09 Å². The molecule has 14 heavy (non-hydrogen) atoms. The molecule has 1 aromatic carbocycles. The zero-order chi connectivity index (χ0) is 9.60. The van der Waals surface area contributed by atoms with Crippen LogP contribution < -0.4 is 5.32 Å². The average molecular weight is 189 g/mol. The minimum Gasteiger partial charge on any atom is -0.438 e. The van der Waals surface area contributed by atoms with Crippen molar-refractivity contribution in [1.29, 1.82) is 0 Å². The van der Waals surface area contributed by atoms with Crippen molar-refractivity contribution < 1.29 is 9.53 Å². The molecule has 0 unspecified atom stereocenters. The molecule has 3 rings (SSSR count). The second-order valence-electron chi connectivity index (χ2n) is 3.91. The van der Waals surface area contributed by atoms with Crippen molar-refractivity contribution in [2.75, 3.05) is 5.32 Å². The Kier molecular flexibility index (Phi) is 1.40. The lowest BCUT2D eigenvalue weighted by molar-refractivity contribution is -0.0504. The van der Waals surface area contributed by atoms with Crippen LogP contribution >= 0.6 is 0 Å². The van der Waals surface area contributed by atoms with Crippen LogP contribution in [0.25, 0.3) is 0 Å². The van der Waals surface area contributed by atoms with Crippen LogP contribution in [0.3, 0.4) is 0 Å². The van der Waals surface area contributed by atoms with E-state index >= 15 is 0 Å². The summed E-state index contributed by atoms with van der Waals surface area (Å²) in [5, 5.41) is 2.72. The number of ether oxygens (including phenoxy) is 1. The number of anilines is 1. The fraction of sp³-hybridized carbons (Fsp3) is 0.364. The van der Waals surface area contributed by atoms with Crippen molar-refractivity contribution in [2.24, 2.45) is 0 Å². The Morgan fingerprint density at radius 1 is 1.29 bits per heavy atom. The molecular weight excluding hydrogens is 178 g/mol. The lowest BCUT2D eigenvalue weighted by Gasteiger charge is -2.44. The normalized spacial score (nSPS) is 21.9. The first kappa shape index (κ1) is 7.85. The lowest BCUT2D eigenvalue weighted by Crippen LogP contribution is -2.44. The average Bonchev–Trinajstić information content (AvgIpc) is 2.14. The summed E-state index contributed by atoms with van der Waals surface area (Å²) in [6, 6.07) is 7.88. The first-order valence-electron chi connectivity index (χ1n) is 4.90. The third kappa shape index (κ3) is 0.895. The van der Waals surface area contributed by atoms with Crippen molar-refractivity contribution in [3.8, 4) is 0 Å². The van der Waals surface area contributed by atoms with E-state index in [0.717, 1.165) is 30.5 Å². The molecule has 2 aliphatic rings. The van der Waals surface area contributed by atoms with Crippen LogP contribution in [0.1, 0.15) is 24.8 Å². The van der Waals surface area contributed by atoms with Crippen molar-refractivity contribution >= 4 is 11.8 Å². The summed E-state index contributed by atoms with van der Waals surface area (Å²) in [6.07, 6.45) is 2.74. The lowest BCUT2D eigenvalue weighted by atomic mass is 9.73. The second-order valence-corrected chi connectivity index (χ2v) is 3.91. The Morgan fingerprint density at radius 3 is 2.79 bits per heavy atom. The zero-order valence-electron chi connectivity index (χ0n) is 7.75. The van der Waals surface area contributed by atoms with Gasteiger partial charge in [0, 0.05) is 5.56 Å². The van der Waals surface area contributed by atoms with E-state index in [9.17, 15) is 4.79 Å². The minimum atomic E-state index is -0.316. The number of nitrogens with one attached hydrogen (secondary N) is 1. The van der Waals surface area contributed by atoms with Gasteiger partial charge in [0.15, 0.2) is 0 Å². The molecule has 1 heterocycles. The van der Waals surface area contributed by atoms with Crippen LogP contribution in [-0.4, -0.2) is 6.09 Å². The van der Waals surface area contributed by atoms with E-state index in [2.05, 4.69) is 5.32 Å². The van der Waals surface area contributed by atoms with Gasteiger partial charge in [0.2, 0.25) is 0 Å². The van der Waals surface area contributed by atoms with Crippen LogP contribution in [0.5, 0.6) is 0 Å². The molecule has 1 spiro atoms. The number of benzene rings is 1. The monoisotopic (exact) mass is 189 g/mol. The summed E-state index contributed by atoms with van der Waals surface area (Å²) in [7, 11) is 0. The SMILES string of the molecule is O=C1Nc2ccccc2C2(CCC2)O1. The smallest absolute Gasteiger partial charge is 0.412 e. The quantitative estimate of drug-likeness (QED) is 0.681. The minimum absolute atomic E-state index is 0.307. The molecule has 0 radical (unpaired) electrons. The predicted molar refractivity (Wildman–Crippen MR) is 52.1 cm³/mol. The number of para-hydroxylation sites is 1. The number of carbonyl (C=O) groups is 1. The first-order valence-corrected chi connectivity index (χ1v) is 4.90. The molecule has 0 atom stereocenters. The molecule has 1 aromatic rings. The summed E-state index contributed by atoms with van der Waals surface area (Å²) in [5.74, 6) is 0. The number of rotatable bonds is 0. The molecule has 1 saturated carbocycles. The van der Waals surface area contributed by atoms with E-state index in [-0.39, 0.29) is 11.7 Å². The highest BCUT2D eigenvalue weighted by molar-refractivity contribution is 5.88. The maximum atomic E-state index is 11.3. The number of amides is 1. The highest BCUT2D eigenvalue weighted by atomic mass is 16.6. The van der Waals surface area contributed by atoms with E-state index in [1.165, 1.54) is 0 Å². The van der Waals surface area contributed by atoms with Crippen molar-refractivity contribution in [3.05, 3.63) is 29.8 Å². The molecule has 72 valence electrons. The topological polar surface area (TPSA) is 38.3 Å².